The van der Waals surface area contributed by atoms with Crippen LogP contribution in [0.4, 0.5) is 11.5 Å². The van der Waals surface area contributed by atoms with Gasteiger partial charge in [-0.1, -0.05) is 0 Å². The van der Waals surface area contributed by atoms with Gasteiger partial charge in [-0.3, -0.25) is 24.6 Å². The van der Waals surface area contributed by atoms with Crippen molar-refractivity contribution in [3.8, 4) is 0 Å². The SMILES string of the molecule is CC(=O)N(CC(=O)O)c1ncc(C)cc1[N+](=O)[O-]. The Morgan fingerprint density at radius 3 is 2.61 bits per heavy atom. The number of pyridine rings is 1. The number of aryl methyl sites for hydroxylation is 1. The lowest BCUT2D eigenvalue weighted by atomic mass is 10.2. The third-order valence-electron chi connectivity index (χ3n) is 2.11. The highest BCUT2D eigenvalue weighted by atomic mass is 16.6. The fraction of sp³-hybridized carbons (Fsp3) is 0.300. The van der Waals surface area contributed by atoms with Crippen molar-refractivity contribution in [2.45, 2.75) is 13.8 Å². The summed E-state index contributed by atoms with van der Waals surface area (Å²) in [6, 6.07) is 1.24. The van der Waals surface area contributed by atoms with Crippen molar-refractivity contribution in [2.24, 2.45) is 0 Å². The van der Waals surface area contributed by atoms with Gasteiger partial charge >= 0.3 is 11.7 Å². The first-order chi connectivity index (χ1) is 8.32. The number of nitrogens with zero attached hydrogens (tertiary/aromatic N) is 3. The van der Waals surface area contributed by atoms with Crippen molar-refractivity contribution in [3.63, 3.8) is 0 Å². The van der Waals surface area contributed by atoms with Crippen molar-refractivity contribution in [1.29, 1.82) is 0 Å². The van der Waals surface area contributed by atoms with Gasteiger partial charge in [0.05, 0.1) is 4.92 Å². The minimum Gasteiger partial charge on any atom is -0.480 e. The van der Waals surface area contributed by atoms with Gasteiger partial charge in [0.15, 0.2) is 0 Å². The molecule has 1 aromatic rings. The fourth-order valence-corrected chi connectivity index (χ4v) is 1.36. The number of carbonyl (C=O) groups excluding carboxylic acids is 1. The molecule has 8 heteroatoms. The largest absolute Gasteiger partial charge is 0.480 e. The van der Waals surface area contributed by atoms with Gasteiger partial charge in [0.2, 0.25) is 11.7 Å². The average molecular weight is 253 g/mol. The number of hydrogen-bond acceptors (Lipinski definition) is 5. The molecule has 0 radical (unpaired) electrons. The van der Waals surface area contributed by atoms with Gasteiger partial charge in [0.1, 0.15) is 6.54 Å². The second kappa shape index (κ2) is 5.21. The van der Waals surface area contributed by atoms with E-state index in [1.807, 2.05) is 0 Å². The first-order valence-electron chi connectivity index (χ1n) is 4.94. The number of carbonyl (C=O) groups is 2. The Bertz CT molecular complexity index is 514. The summed E-state index contributed by atoms with van der Waals surface area (Å²) < 4.78 is 0. The maximum absolute atomic E-state index is 11.3. The number of aromatic nitrogens is 1. The minimum absolute atomic E-state index is 0.263. The molecule has 0 atom stereocenters. The summed E-state index contributed by atoms with van der Waals surface area (Å²) in [5.41, 5.74) is 0.149. The van der Waals surface area contributed by atoms with Crippen molar-refractivity contribution >= 4 is 23.4 Å². The van der Waals surface area contributed by atoms with Gasteiger partial charge in [-0.05, 0) is 12.5 Å². The van der Waals surface area contributed by atoms with Gasteiger partial charge < -0.3 is 5.11 Å². The third kappa shape index (κ3) is 3.00. The number of aliphatic carboxylic acids is 1. The van der Waals surface area contributed by atoms with Crippen LogP contribution in [0.15, 0.2) is 12.3 Å². The Morgan fingerprint density at radius 2 is 2.17 bits per heavy atom. The molecule has 8 nitrogen and oxygen atoms in total. The first-order valence-corrected chi connectivity index (χ1v) is 4.94. The van der Waals surface area contributed by atoms with Crippen LogP contribution in [0.1, 0.15) is 12.5 Å². The van der Waals surface area contributed by atoms with Crippen molar-refractivity contribution in [1.82, 2.24) is 4.98 Å². The number of hydrogen-bond donors (Lipinski definition) is 1. The Morgan fingerprint density at radius 1 is 1.56 bits per heavy atom. The van der Waals surface area contributed by atoms with E-state index in [2.05, 4.69) is 4.98 Å². The summed E-state index contributed by atoms with van der Waals surface area (Å²) in [6.45, 7) is 2.06. The molecule has 0 saturated heterocycles. The Balaban J connectivity index is 3.31. The van der Waals surface area contributed by atoms with Crippen LogP contribution in [0.2, 0.25) is 0 Å². The number of carboxylic acids is 1. The molecule has 1 rings (SSSR count). The van der Waals surface area contributed by atoms with Gasteiger partial charge in [-0.2, -0.15) is 0 Å². The van der Waals surface area contributed by atoms with Gasteiger partial charge in [0, 0.05) is 19.2 Å². The maximum atomic E-state index is 11.3. The standard InChI is InChI=1S/C10H11N3O5/c1-6-3-8(13(17)18)10(11-4-6)12(7(2)14)5-9(15)16/h3-4H,5H2,1-2H3,(H,15,16). The van der Waals surface area contributed by atoms with Crippen molar-refractivity contribution < 1.29 is 19.6 Å². The molecule has 1 aromatic heterocycles. The van der Waals surface area contributed by atoms with Crippen LogP contribution in [0.25, 0.3) is 0 Å². The van der Waals surface area contributed by atoms with Crippen LogP contribution < -0.4 is 4.90 Å². The molecule has 0 aromatic carbocycles. The van der Waals surface area contributed by atoms with E-state index in [9.17, 15) is 19.7 Å². The van der Waals surface area contributed by atoms with E-state index in [1.54, 1.807) is 6.92 Å². The van der Waals surface area contributed by atoms with Crippen LogP contribution in [0.5, 0.6) is 0 Å². The predicted octanol–water partition coefficient (Wildman–Crippen LogP) is 0.736. The molecule has 1 N–H and O–H groups in total. The highest BCUT2D eigenvalue weighted by Crippen LogP contribution is 2.26. The molecule has 0 aliphatic carbocycles. The van der Waals surface area contributed by atoms with E-state index in [0.29, 0.717) is 5.56 Å². The summed E-state index contributed by atoms with van der Waals surface area (Å²) in [4.78, 5) is 36.7. The molecule has 0 aliphatic heterocycles. The molecule has 1 amide bonds. The second-order valence-corrected chi connectivity index (χ2v) is 3.61. The quantitative estimate of drug-likeness (QED) is 0.625. The predicted molar refractivity (Wildman–Crippen MR) is 61.3 cm³/mol. The summed E-state index contributed by atoms with van der Waals surface area (Å²) >= 11 is 0. The number of anilines is 1. The normalized spacial score (nSPS) is 9.89. The van der Waals surface area contributed by atoms with Crippen LogP contribution in [-0.4, -0.2) is 33.4 Å². The first kappa shape index (κ1) is 13.6. The van der Waals surface area contributed by atoms with E-state index in [0.717, 1.165) is 11.8 Å². The average Bonchev–Trinajstić information content (AvgIpc) is 2.25. The van der Waals surface area contributed by atoms with E-state index in [1.165, 1.54) is 12.3 Å². The van der Waals surface area contributed by atoms with Gasteiger partial charge in [-0.15, -0.1) is 0 Å². The molecule has 0 unspecified atom stereocenters. The lowest BCUT2D eigenvalue weighted by Crippen LogP contribution is -2.35. The lowest BCUT2D eigenvalue weighted by molar-refractivity contribution is -0.384. The Labute approximate surface area is 102 Å². The third-order valence-corrected chi connectivity index (χ3v) is 2.11. The van der Waals surface area contributed by atoms with E-state index >= 15 is 0 Å². The summed E-state index contributed by atoms with van der Waals surface area (Å²) in [5, 5.41) is 19.6. The lowest BCUT2D eigenvalue weighted by Gasteiger charge is -2.17. The molecule has 1 heterocycles. The number of amides is 1. The van der Waals surface area contributed by atoms with Crippen LogP contribution >= 0.6 is 0 Å². The smallest absolute Gasteiger partial charge is 0.323 e. The number of nitro groups is 1. The molecule has 0 aliphatic rings. The highest BCUT2D eigenvalue weighted by molar-refractivity contribution is 5.96. The number of rotatable bonds is 4. The topological polar surface area (TPSA) is 114 Å². The molecule has 0 bridgehead atoms. The van der Waals surface area contributed by atoms with Crippen LogP contribution in [0, 0.1) is 17.0 Å². The summed E-state index contributed by atoms with van der Waals surface area (Å²) in [7, 11) is 0. The summed E-state index contributed by atoms with van der Waals surface area (Å²) in [6.07, 6.45) is 1.33. The zero-order chi connectivity index (χ0) is 13.9. The molecular weight excluding hydrogens is 242 g/mol. The maximum Gasteiger partial charge on any atom is 0.323 e. The monoisotopic (exact) mass is 253 g/mol. The molecular formula is C10H11N3O5. The molecule has 0 saturated carbocycles. The summed E-state index contributed by atoms with van der Waals surface area (Å²) in [5.74, 6) is -2.17. The minimum atomic E-state index is -1.28. The molecule has 96 valence electrons. The Kier molecular flexibility index (Phi) is 3.93. The number of carboxylic acid groups (broad SMARTS) is 1. The fourth-order valence-electron chi connectivity index (χ4n) is 1.36. The Hall–Kier alpha value is -2.51. The zero-order valence-corrected chi connectivity index (χ0v) is 9.78. The van der Waals surface area contributed by atoms with Crippen LogP contribution in [-0.2, 0) is 9.59 Å². The van der Waals surface area contributed by atoms with E-state index in [-0.39, 0.29) is 5.82 Å². The second-order valence-electron chi connectivity index (χ2n) is 3.61. The van der Waals surface area contributed by atoms with E-state index < -0.39 is 29.0 Å². The molecule has 0 spiro atoms. The van der Waals surface area contributed by atoms with Crippen molar-refractivity contribution in [2.75, 3.05) is 11.4 Å². The van der Waals surface area contributed by atoms with Crippen LogP contribution in [0.3, 0.4) is 0 Å². The highest BCUT2D eigenvalue weighted by Gasteiger charge is 2.25. The zero-order valence-electron chi connectivity index (χ0n) is 9.78. The molecule has 0 fully saturated rings. The van der Waals surface area contributed by atoms with Gasteiger partial charge in [0.25, 0.3) is 0 Å². The van der Waals surface area contributed by atoms with E-state index in [4.69, 9.17) is 5.11 Å². The van der Waals surface area contributed by atoms with Crippen molar-refractivity contribution in [3.05, 3.63) is 27.9 Å². The van der Waals surface area contributed by atoms with Gasteiger partial charge in [-0.25, -0.2) is 4.98 Å². The molecule has 18 heavy (non-hydrogen) atoms.